The molecule has 0 saturated carbocycles. The number of aliphatic hydroxyl groups excluding tert-OH is 1. The van der Waals surface area contributed by atoms with Crippen molar-refractivity contribution in [3.63, 3.8) is 0 Å². The summed E-state index contributed by atoms with van der Waals surface area (Å²) in [6.45, 7) is 5.16. The van der Waals surface area contributed by atoms with Crippen LogP contribution in [0.4, 0.5) is 0 Å². The van der Waals surface area contributed by atoms with Gasteiger partial charge in [0.1, 0.15) is 19.3 Å². The van der Waals surface area contributed by atoms with E-state index < -0.39 is 12.1 Å². The highest BCUT2D eigenvalue weighted by Crippen LogP contribution is 2.13. The number of unbranched alkanes of at least 4 members (excludes halogenated alkanes) is 12. The van der Waals surface area contributed by atoms with E-state index in [0.717, 1.165) is 25.3 Å². The van der Waals surface area contributed by atoms with E-state index in [1.165, 1.54) is 64.2 Å². The van der Waals surface area contributed by atoms with Gasteiger partial charge in [-0.1, -0.05) is 90.6 Å². The minimum absolute atomic E-state index is 0.151. The van der Waals surface area contributed by atoms with Gasteiger partial charge < -0.3 is 14.6 Å². The predicted octanol–water partition coefficient (Wildman–Crippen LogP) is 5.10. The normalized spacial score (nSPS) is 11.8. The average molecular weight is 385 g/mol. The number of carbonyl (C=O) groups excluding carboxylic acids is 2. The third kappa shape index (κ3) is 19.2. The second-order valence-corrected chi connectivity index (χ2v) is 7.16. The number of rotatable bonds is 19. The Hall–Kier alpha value is -1.36. The van der Waals surface area contributed by atoms with Crippen molar-refractivity contribution >= 4 is 11.9 Å². The topological polar surface area (TPSA) is 72.8 Å². The summed E-state index contributed by atoms with van der Waals surface area (Å²) in [7, 11) is 0. The van der Waals surface area contributed by atoms with E-state index in [0.29, 0.717) is 6.42 Å². The van der Waals surface area contributed by atoms with Gasteiger partial charge in [-0.3, -0.25) is 4.79 Å². The maximum Gasteiger partial charge on any atom is 0.330 e. The van der Waals surface area contributed by atoms with Crippen LogP contribution >= 0.6 is 0 Å². The number of aliphatic hydroxyl groups is 1. The molecule has 0 aromatic carbocycles. The Balaban J connectivity index is 3.31. The maximum absolute atomic E-state index is 11.6. The highest BCUT2D eigenvalue weighted by molar-refractivity contribution is 5.81. The smallest absolute Gasteiger partial charge is 0.330 e. The Morgan fingerprint density at radius 2 is 1.26 bits per heavy atom. The van der Waals surface area contributed by atoms with Crippen LogP contribution in [0.2, 0.25) is 0 Å². The van der Waals surface area contributed by atoms with E-state index in [2.05, 4.69) is 18.2 Å². The maximum atomic E-state index is 11.6. The molecule has 5 heteroatoms. The lowest BCUT2D eigenvalue weighted by atomic mass is 10.0. The second-order valence-electron chi connectivity index (χ2n) is 7.16. The van der Waals surface area contributed by atoms with Gasteiger partial charge in [0, 0.05) is 12.5 Å². The SMILES string of the molecule is C=CC(=O)OCC(O)COC(=O)CCCCCCCCCCCCCCC. The first-order valence-corrected chi connectivity index (χ1v) is 10.7. The first kappa shape index (κ1) is 25.6. The molecule has 0 spiro atoms. The molecular weight excluding hydrogens is 344 g/mol. The van der Waals surface area contributed by atoms with Crippen LogP contribution in [0.15, 0.2) is 12.7 Å². The van der Waals surface area contributed by atoms with Crippen molar-refractivity contribution in [3.8, 4) is 0 Å². The van der Waals surface area contributed by atoms with Crippen molar-refractivity contribution in [1.29, 1.82) is 0 Å². The van der Waals surface area contributed by atoms with Crippen LogP contribution in [0, 0.1) is 0 Å². The van der Waals surface area contributed by atoms with Crippen molar-refractivity contribution < 1.29 is 24.2 Å². The van der Waals surface area contributed by atoms with Crippen molar-refractivity contribution in [3.05, 3.63) is 12.7 Å². The quantitative estimate of drug-likeness (QED) is 0.190. The van der Waals surface area contributed by atoms with Gasteiger partial charge in [-0.15, -0.1) is 0 Å². The molecular formula is C22H40O5. The van der Waals surface area contributed by atoms with Crippen molar-refractivity contribution in [1.82, 2.24) is 0 Å². The Kier molecular flexibility index (Phi) is 18.4. The summed E-state index contributed by atoms with van der Waals surface area (Å²) in [5.74, 6) is -0.917. The standard InChI is InChI=1S/C22H40O5/c1-3-5-6-7-8-9-10-11-12-13-14-15-16-17-22(25)27-19-20(23)18-26-21(24)4-2/h4,20,23H,2-3,5-19H2,1H3. The van der Waals surface area contributed by atoms with Crippen LogP contribution < -0.4 is 0 Å². The van der Waals surface area contributed by atoms with Crippen LogP contribution in [-0.4, -0.2) is 36.4 Å². The van der Waals surface area contributed by atoms with E-state index in [4.69, 9.17) is 4.74 Å². The fraction of sp³-hybridized carbons (Fsp3) is 0.818. The molecule has 1 N–H and O–H groups in total. The highest BCUT2D eigenvalue weighted by atomic mass is 16.6. The van der Waals surface area contributed by atoms with Crippen LogP contribution in [0.5, 0.6) is 0 Å². The van der Waals surface area contributed by atoms with Crippen LogP contribution in [0.1, 0.15) is 96.8 Å². The van der Waals surface area contributed by atoms with Gasteiger partial charge in [-0.25, -0.2) is 4.79 Å². The van der Waals surface area contributed by atoms with Crippen LogP contribution in [0.25, 0.3) is 0 Å². The van der Waals surface area contributed by atoms with E-state index in [-0.39, 0.29) is 19.2 Å². The number of esters is 2. The summed E-state index contributed by atoms with van der Waals surface area (Å²) in [5.41, 5.74) is 0. The minimum Gasteiger partial charge on any atom is -0.463 e. The molecule has 0 aromatic heterocycles. The second kappa shape index (κ2) is 19.4. The molecule has 0 aliphatic carbocycles. The fourth-order valence-electron chi connectivity index (χ4n) is 2.83. The Morgan fingerprint density at radius 3 is 1.74 bits per heavy atom. The molecule has 0 fully saturated rings. The lowest BCUT2D eigenvalue weighted by Crippen LogP contribution is -2.24. The molecule has 0 heterocycles. The molecule has 0 bridgehead atoms. The lowest BCUT2D eigenvalue weighted by molar-refractivity contribution is -0.150. The van der Waals surface area contributed by atoms with E-state index in [1.807, 2.05) is 0 Å². The van der Waals surface area contributed by atoms with Gasteiger partial charge in [-0.05, 0) is 6.42 Å². The van der Waals surface area contributed by atoms with E-state index in [9.17, 15) is 14.7 Å². The van der Waals surface area contributed by atoms with E-state index in [1.54, 1.807) is 0 Å². The third-order valence-corrected chi connectivity index (χ3v) is 4.51. The monoisotopic (exact) mass is 384 g/mol. The highest BCUT2D eigenvalue weighted by Gasteiger charge is 2.10. The summed E-state index contributed by atoms with van der Waals surface area (Å²) in [6, 6.07) is 0. The van der Waals surface area contributed by atoms with Crippen molar-refractivity contribution in [2.45, 2.75) is 103 Å². The summed E-state index contributed by atoms with van der Waals surface area (Å²) >= 11 is 0. The largest absolute Gasteiger partial charge is 0.463 e. The predicted molar refractivity (Wildman–Crippen MR) is 108 cm³/mol. The van der Waals surface area contributed by atoms with Gasteiger partial charge in [0.25, 0.3) is 0 Å². The summed E-state index contributed by atoms with van der Waals surface area (Å²) in [6.07, 6.45) is 16.8. The Labute approximate surface area is 165 Å². The molecule has 0 aromatic rings. The molecule has 158 valence electrons. The summed E-state index contributed by atoms with van der Waals surface area (Å²) in [4.78, 5) is 22.4. The molecule has 5 nitrogen and oxygen atoms in total. The number of ether oxygens (including phenoxy) is 2. The fourth-order valence-corrected chi connectivity index (χ4v) is 2.83. The molecule has 0 aliphatic rings. The molecule has 27 heavy (non-hydrogen) atoms. The van der Waals surface area contributed by atoms with E-state index >= 15 is 0 Å². The zero-order valence-corrected chi connectivity index (χ0v) is 17.3. The Bertz CT molecular complexity index is 381. The average Bonchev–Trinajstić information content (AvgIpc) is 2.67. The van der Waals surface area contributed by atoms with Gasteiger partial charge in [0.2, 0.25) is 0 Å². The number of hydrogen-bond donors (Lipinski definition) is 1. The van der Waals surface area contributed by atoms with Gasteiger partial charge in [0.15, 0.2) is 0 Å². The van der Waals surface area contributed by atoms with Crippen molar-refractivity contribution in [2.24, 2.45) is 0 Å². The molecule has 1 atom stereocenters. The van der Waals surface area contributed by atoms with Gasteiger partial charge >= 0.3 is 11.9 Å². The van der Waals surface area contributed by atoms with Crippen LogP contribution in [-0.2, 0) is 19.1 Å². The van der Waals surface area contributed by atoms with Crippen LogP contribution in [0.3, 0.4) is 0 Å². The molecule has 0 aliphatic heterocycles. The van der Waals surface area contributed by atoms with Crippen molar-refractivity contribution in [2.75, 3.05) is 13.2 Å². The van der Waals surface area contributed by atoms with Gasteiger partial charge in [-0.2, -0.15) is 0 Å². The molecule has 1 unspecified atom stereocenters. The molecule has 0 saturated heterocycles. The molecule has 0 rings (SSSR count). The first-order chi connectivity index (χ1) is 13.1. The first-order valence-electron chi connectivity index (χ1n) is 10.7. The minimum atomic E-state index is -0.996. The summed E-state index contributed by atoms with van der Waals surface area (Å²) < 4.78 is 9.64. The Morgan fingerprint density at radius 1 is 0.815 bits per heavy atom. The molecule has 0 radical (unpaired) electrons. The van der Waals surface area contributed by atoms with Gasteiger partial charge in [0.05, 0.1) is 0 Å². The zero-order valence-electron chi connectivity index (χ0n) is 17.3. The summed E-state index contributed by atoms with van der Waals surface area (Å²) in [5, 5.41) is 9.54. The number of carbonyl (C=O) groups is 2. The third-order valence-electron chi connectivity index (χ3n) is 4.51. The zero-order chi connectivity index (χ0) is 20.2. The number of hydrogen-bond acceptors (Lipinski definition) is 5. The molecule has 0 amide bonds. The lowest BCUT2D eigenvalue weighted by Gasteiger charge is -2.11.